The number of rotatable bonds is 7. The van der Waals surface area contributed by atoms with Gasteiger partial charge in [-0.05, 0) is 68.4 Å². The maximum atomic E-state index is 12.6. The van der Waals surface area contributed by atoms with E-state index in [4.69, 9.17) is 32.7 Å². The van der Waals surface area contributed by atoms with Gasteiger partial charge in [-0.2, -0.15) is 0 Å². The number of nitrogens with zero attached hydrogens (tertiary/aromatic N) is 1. The Hall–Kier alpha value is -1.67. The van der Waals surface area contributed by atoms with E-state index < -0.39 is 0 Å². The Bertz CT molecular complexity index is 1060. The van der Waals surface area contributed by atoms with Gasteiger partial charge in [0, 0.05) is 26.1 Å². The molecular weight excluding hydrogens is 525 g/mol. The highest BCUT2D eigenvalue weighted by molar-refractivity contribution is 9.10. The molecule has 2 amide bonds. The summed E-state index contributed by atoms with van der Waals surface area (Å²) in [6.45, 7) is 6.15. The first kappa shape index (κ1) is 24.0. The Morgan fingerprint density at radius 1 is 1.13 bits per heavy atom. The average molecular weight is 545 g/mol. The molecule has 0 radical (unpaired) electrons. The summed E-state index contributed by atoms with van der Waals surface area (Å²) in [4.78, 5) is 26.4. The number of hydrogen-bond acceptors (Lipinski definition) is 5. The Kier molecular flexibility index (Phi) is 7.97. The molecule has 0 atom stereocenters. The standard InChI is InChI=1S/C22H20BrCl2NO4S/c1-4-29-18-7-14(8-20-21(27)26(12(2)3)22(28)31-20)16(23)10-19(18)30-11-13-5-6-15(24)9-17(13)25/h5-10,12H,4,11H2,1-3H3/b20-8+. The zero-order chi connectivity index (χ0) is 22.7. The fraction of sp³-hybridized carbons (Fsp3) is 0.273. The molecule has 0 aliphatic carbocycles. The van der Waals surface area contributed by atoms with Crippen LogP contribution in [0.25, 0.3) is 6.08 Å². The van der Waals surface area contributed by atoms with Crippen LogP contribution >= 0.6 is 50.9 Å². The quantitative estimate of drug-likeness (QED) is 0.345. The molecule has 1 heterocycles. The van der Waals surface area contributed by atoms with E-state index in [0.717, 1.165) is 17.3 Å². The van der Waals surface area contributed by atoms with Gasteiger partial charge in [0.05, 0.1) is 11.5 Å². The van der Waals surface area contributed by atoms with E-state index in [2.05, 4.69) is 15.9 Å². The van der Waals surface area contributed by atoms with Gasteiger partial charge >= 0.3 is 0 Å². The zero-order valence-corrected chi connectivity index (χ0v) is 21.0. The van der Waals surface area contributed by atoms with Gasteiger partial charge in [0.1, 0.15) is 6.61 Å². The second-order valence-corrected chi connectivity index (χ2v) is 9.61. The van der Waals surface area contributed by atoms with Crippen molar-refractivity contribution in [2.75, 3.05) is 6.61 Å². The first-order chi connectivity index (χ1) is 14.7. The normalized spacial score (nSPS) is 15.3. The van der Waals surface area contributed by atoms with E-state index in [-0.39, 0.29) is 23.8 Å². The van der Waals surface area contributed by atoms with Crippen LogP contribution in [0.1, 0.15) is 31.9 Å². The fourth-order valence-corrected chi connectivity index (χ4v) is 4.75. The first-order valence-electron chi connectivity index (χ1n) is 9.51. The summed E-state index contributed by atoms with van der Waals surface area (Å²) in [7, 11) is 0. The molecule has 0 N–H and O–H groups in total. The van der Waals surface area contributed by atoms with Crippen molar-refractivity contribution in [3.8, 4) is 11.5 Å². The lowest BCUT2D eigenvalue weighted by Crippen LogP contribution is -2.34. The van der Waals surface area contributed by atoms with Gasteiger partial charge in [0.15, 0.2) is 11.5 Å². The van der Waals surface area contributed by atoms with Crippen molar-refractivity contribution in [3.63, 3.8) is 0 Å². The summed E-state index contributed by atoms with van der Waals surface area (Å²) in [5.41, 5.74) is 1.49. The number of amides is 2. The molecule has 0 aromatic heterocycles. The van der Waals surface area contributed by atoms with Crippen LogP contribution in [0.5, 0.6) is 11.5 Å². The number of halogens is 3. The van der Waals surface area contributed by atoms with Gasteiger partial charge in [-0.3, -0.25) is 14.5 Å². The van der Waals surface area contributed by atoms with E-state index in [1.54, 1.807) is 36.4 Å². The maximum Gasteiger partial charge on any atom is 0.293 e. The minimum atomic E-state index is -0.299. The number of carbonyl (C=O) groups is 2. The highest BCUT2D eigenvalue weighted by Gasteiger charge is 2.36. The van der Waals surface area contributed by atoms with Gasteiger partial charge in [-0.15, -0.1) is 0 Å². The predicted molar refractivity (Wildman–Crippen MR) is 129 cm³/mol. The Morgan fingerprint density at radius 2 is 1.84 bits per heavy atom. The zero-order valence-electron chi connectivity index (χ0n) is 17.1. The fourth-order valence-electron chi connectivity index (χ4n) is 2.90. The smallest absolute Gasteiger partial charge is 0.293 e. The number of hydrogen-bond donors (Lipinski definition) is 0. The van der Waals surface area contributed by atoms with E-state index in [0.29, 0.717) is 43.1 Å². The molecule has 0 spiro atoms. The molecule has 9 heteroatoms. The van der Waals surface area contributed by atoms with Crippen molar-refractivity contribution in [1.29, 1.82) is 0 Å². The van der Waals surface area contributed by atoms with Crippen LogP contribution in [0.15, 0.2) is 39.7 Å². The molecule has 1 aliphatic heterocycles. The van der Waals surface area contributed by atoms with Crippen molar-refractivity contribution in [1.82, 2.24) is 4.90 Å². The summed E-state index contributed by atoms with van der Waals surface area (Å²) in [6.07, 6.45) is 1.68. The molecule has 0 saturated carbocycles. The van der Waals surface area contributed by atoms with Crippen LogP contribution in [-0.2, 0) is 11.4 Å². The average Bonchev–Trinajstić information content (AvgIpc) is 2.97. The highest BCUT2D eigenvalue weighted by atomic mass is 79.9. The summed E-state index contributed by atoms with van der Waals surface area (Å²) < 4.78 is 12.4. The molecule has 1 aliphatic rings. The van der Waals surface area contributed by atoms with Gasteiger partial charge < -0.3 is 9.47 Å². The number of imide groups is 1. The molecule has 1 saturated heterocycles. The lowest BCUT2D eigenvalue weighted by atomic mass is 10.1. The summed E-state index contributed by atoms with van der Waals surface area (Å²) in [6, 6.07) is 8.56. The number of benzene rings is 2. The van der Waals surface area contributed by atoms with Crippen molar-refractivity contribution >= 4 is 68.1 Å². The van der Waals surface area contributed by atoms with Crippen LogP contribution in [0, 0.1) is 0 Å². The van der Waals surface area contributed by atoms with Crippen molar-refractivity contribution in [3.05, 3.63) is 60.9 Å². The molecule has 0 unspecified atom stereocenters. The Morgan fingerprint density at radius 3 is 2.45 bits per heavy atom. The minimum absolute atomic E-state index is 0.198. The van der Waals surface area contributed by atoms with Crippen LogP contribution in [0.4, 0.5) is 4.79 Å². The van der Waals surface area contributed by atoms with Crippen LogP contribution in [-0.4, -0.2) is 28.7 Å². The van der Waals surface area contributed by atoms with E-state index in [1.807, 2.05) is 20.8 Å². The van der Waals surface area contributed by atoms with Gasteiger partial charge in [0.2, 0.25) is 0 Å². The highest BCUT2D eigenvalue weighted by Crippen LogP contribution is 2.39. The Labute approximate surface area is 203 Å². The molecular formula is C22H20BrCl2NO4S. The summed E-state index contributed by atoms with van der Waals surface area (Å²) >= 11 is 16.6. The first-order valence-corrected chi connectivity index (χ1v) is 11.9. The lowest BCUT2D eigenvalue weighted by Gasteiger charge is -2.16. The molecule has 0 bridgehead atoms. The van der Waals surface area contributed by atoms with Crippen LogP contribution < -0.4 is 9.47 Å². The SMILES string of the molecule is CCOc1cc(/C=C2/SC(=O)N(C(C)C)C2=O)c(Br)cc1OCc1ccc(Cl)cc1Cl. The Balaban J connectivity index is 1.88. The molecule has 2 aromatic carbocycles. The van der Waals surface area contributed by atoms with E-state index in [9.17, 15) is 9.59 Å². The van der Waals surface area contributed by atoms with E-state index in [1.165, 1.54) is 4.90 Å². The second-order valence-electron chi connectivity index (χ2n) is 6.92. The monoisotopic (exact) mass is 543 g/mol. The molecule has 164 valence electrons. The topological polar surface area (TPSA) is 55.8 Å². The third-order valence-electron chi connectivity index (χ3n) is 4.39. The molecule has 31 heavy (non-hydrogen) atoms. The maximum absolute atomic E-state index is 12.6. The van der Waals surface area contributed by atoms with Crippen LogP contribution in [0.3, 0.4) is 0 Å². The van der Waals surface area contributed by atoms with Crippen LogP contribution in [0.2, 0.25) is 10.0 Å². The number of ether oxygens (including phenoxy) is 2. The molecule has 3 rings (SSSR count). The number of carbonyl (C=O) groups excluding carboxylic acids is 2. The molecule has 1 fully saturated rings. The van der Waals surface area contributed by atoms with Crippen molar-refractivity contribution in [2.45, 2.75) is 33.4 Å². The largest absolute Gasteiger partial charge is 0.490 e. The van der Waals surface area contributed by atoms with Gasteiger partial charge in [-0.1, -0.05) is 45.2 Å². The number of thioether (sulfide) groups is 1. The predicted octanol–water partition coefficient (Wildman–Crippen LogP) is 7.18. The van der Waals surface area contributed by atoms with Crippen molar-refractivity contribution in [2.24, 2.45) is 0 Å². The summed E-state index contributed by atoms with van der Waals surface area (Å²) in [5.74, 6) is 0.741. The third-order valence-corrected chi connectivity index (χ3v) is 6.55. The van der Waals surface area contributed by atoms with E-state index >= 15 is 0 Å². The van der Waals surface area contributed by atoms with Gasteiger partial charge in [0.25, 0.3) is 11.1 Å². The lowest BCUT2D eigenvalue weighted by molar-refractivity contribution is -0.123. The second kappa shape index (κ2) is 10.3. The molecule has 5 nitrogen and oxygen atoms in total. The van der Waals surface area contributed by atoms with Gasteiger partial charge in [-0.25, -0.2) is 0 Å². The minimum Gasteiger partial charge on any atom is -0.490 e. The third kappa shape index (κ3) is 5.58. The van der Waals surface area contributed by atoms with Crippen molar-refractivity contribution < 1.29 is 19.1 Å². The molecule has 2 aromatic rings. The summed E-state index contributed by atoms with van der Waals surface area (Å²) in [5, 5.41) is 0.798.